The molecule has 0 aliphatic rings. The molecule has 0 bridgehead atoms. The van der Waals surface area contributed by atoms with E-state index in [-0.39, 0.29) is 6.61 Å². The van der Waals surface area contributed by atoms with Gasteiger partial charge in [0.2, 0.25) is 0 Å². The first-order valence-electron chi connectivity index (χ1n) is 6.26. The minimum absolute atomic E-state index is 0.228. The van der Waals surface area contributed by atoms with E-state index in [0.29, 0.717) is 6.04 Å². The molecule has 0 aliphatic carbocycles. The summed E-state index contributed by atoms with van der Waals surface area (Å²) in [5, 5.41) is 9.18. The monoisotopic (exact) mass is 233 g/mol. The van der Waals surface area contributed by atoms with Crippen LogP contribution in [0.25, 0.3) is 0 Å². The van der Waals surface area contributed by atoms with Crippen LogP contribution in [0.3, 0.4) is 0 Å². The van der Waals surface area contributed by atoms with Gasteiger partial charge in [0.15, 0.2) is 0 Å². The molecule has 0 aliphatic heterocycles. The summed E-state index contributed by atoms with van der Waals surface area (Å²) in [5.41, 5.74) is 1.28. The zero-order valence-corrected chi connectivity index (χ0v) is 10.7. The van der Waals surface area contributed by atoms with Crippen LogP contribution in [0.1, 0.15) is 30.9 Å². The molecule has 1 atom stereocenters. The van der Waals surface area contributed by atoms with Crippen LogP contribution in [-0.2, 0) is 0 Å². The largest absolute Gasteiger partial charge is 0.396 e. The molecular weight excluding hydrogens is 210 g/mol. The fourth-order valence-corrected chi connectivity index (χ4v) is 2.08. The Hall–Kier alpha value is -1.12. The van der Waals surface area contributed by atoms with Crippen LogP contribution in [-0.4, -0.2) is 30.2 Å². The summed E-state index contributed by atoms with van der Waals surface area (Å²) < 4.78 is 0. The van der Waals surface area contributed by atoms with Crippen LogP contribution in [0, 0.1) is 0 Å². The second-order valence-electron chi connectivity index (χ2n) is 4.35. The maximum Gasteiger partial charge on any atom is 0.0449 e. The minimum Gasteiger partial charge on any atom is -0.396 e. The van der Waals surface area contributed by atoms with Crippen molar-refractivity contribution in [2.24, 2.45) is 0 Å². The molecule has 0 aromatic heterocycles. The molecule has 2 heteroatoms. The third-order valence-electron chi connectivity index (χ3n) is 3.04. The van der Waals surface area contributed by atoms with Gasteiger partial charge in [-0.3, -0.25) is 4.90 Å². The maximum atomic E-state index is 9.18. The number of rotatable bonds is 8. The fourth-order valence-electron chi connectivity index (χ4n) is 2.08. The van der Waals surface area contributed by atoms with E-state index in [0.717, 1.165) is 25.8 Å². The summed E-state index contributed by atoms with van der Waals surface area (Å²) in [6.45, 7) is 5.00. The summed E-state index contributed by atoms with van der Waals surface area (Å²) in [6, 6.07) is 10.7. The lowest BCUT2D eigenvalue weighted by molar-refractivity contribution is 0.184. The van der Waals surface area contributed by atoms with Gasteiger partial charge in [0.1, 0.15) is 0 Å². The van der Waals surface area contributed by atoms with Gasteiger partial charge >= 0.3 is 0 Å². The van der Waals surface area contributed by atoms with Gasteiger partial charge in [-0.1, -0.05) is 36.4 Å². The highest BCUT2D eigenvalue weighted by molar-refractivity contribution is 5.18. The molecule has 1 aromatic rings. The number of nitrogens with zero attached hydrogens (tertiary/aromatic N) is 1. The van der Waals surface area contributed by atoms with Gasteiger partial charge in [-0.2, -0.15) is 0 Å². The molecule has 0 heterocycles. The van der Waals surface area contributed by atoms with Gasteiger partial charge < -0.3 is 5.11 Å². The number of hydrogen-bond donors (Lipinski definition) is 1. The SMILES string of the molecule is C=CCCCN(C)C(CCO)c1ccccc1. The highest BCUT2D eigenvalue weighted by atomic mass is 16.3. The smallest absolute Gasteiger partial charge is 0.0449 e. The predicted molar refractivity (Wildman–Crippen MR) is 72.9 cm³/mol. The first-order valence-corrected chi connectivity index (χ1v) is 6.26. The predicted octanol–water partition coefficient (Wildman–Crippen LogP) is 3.01. The molecular formula is C15H23NO. The van der Waals surface area contributed by atoms with Crippen LogP contribution < -0.4 is 0 Å². The highest BCUT2D eigenvalue weighted by Gasteiger charge is 2.15. The number of allylic oxidation sites excluding steroid dienone is 1. The molecule has 1 unspecified atom stereocenters. The lowest BCUT2D eigenvalue weighted by Crippen LogP contribution is -2.26. The Labute approximate surface area is 105 Å². The topological polar surface area (TPSA) is 23.5 Å². The molecule has 0 saturated carbocycles. The lowest BCUT2D eigenvalue weighted by Gasteiger charge is -2.28. The van der Waals surface area contributed by atoms with Crippen molar-refractivity contribution in [1.29, 1.82) is 0 Å². The van der Waals surface area contributed by atoms with Gasteiger partial charge in [-0.25, -0.2) is 0 Å². The Morgan fingerprint density at radius 2 is 2.06 bits per heavy atom. The summed E-state index contributed by atoms with van der Waals surface area (Å²) in [5.74, 6) is 0. The van der Waals surface area contributed by atoms with E-state index in [4.69, 9.17) is 0 Å². The molecule has 0 spiro atoms. The molecule has 1 aromatic carbocycles. The van der Waals surface area contributed by atoms with Crippen LogP contribution in [0.5, 0.6) is 0 Å². The Morgan fingerprint density at radius 1 is 1.35 bits per heavy atom. The molecule has 0 amide bonds. The average molecular weight is 233 g/mol. The van der Waals surface area contributed by atoms with Crippen molar-refractivity contribution in [3.05, 3.63) is 48.6 Å². The highest BCUT2D eigenvalue weighted by Crippen LogP contribution is 2.22. The first-order chi connectivity index (χ1) is 8.29. The minimum atomic E-state index is 0.228. The van der Waals surface area contributed by atoms with Crippen LogP contribution in [0.15, 0.2) is 43.0 Å². The summed E-state index contributed by atoms with van der Waals surface area (Å²) in [6.07, 6.45) is 4.91. The summed E-state index contributed by atoms with van der Waals surface area (Å²) in [7, 11) is 2.12. The van der Waals surface area contributed by atoms with Crippen molar-refractivity contribution in [2.45, 2.75) is 25.3 Å². The number of benzene rings is 1. The van der Waals surface area contributed by atoms with Crippen LogP contribution in [0.4, 0.5) is 0 Å². The zero-order chi connectivity index (χ0) is 12.5. The first kappa shape index (κ1) is 13.9. The lowest BCUT2D eigenvalue weighted by atomic mass is 10.0. The second kappa shape index (κ2) is 8.04. The quantitative estimate of drug-likeness (QED) is 0.551. The van der Waals surface area contributed by atoms with Crippen molar-refractivity contribution < 1.29 is 5.11 Å². The molecule has 1 rings (SSSR count). The van der Waals surface area contributed by atoms with E-state index in [1.54, 1.807) is 0 Å². The molecule has 94 valence electrons. The second-order valence-corrected chi connectivity index (χ2v) is 4.35. The molecule has 0 fully saturated rings. The van der Waals surface area contributed by atoms with E-state index in [2.05, 4.69) is 42.8 Å². The van der Waals surface area contributed by atoms with Gasteiger partial charge in [0.05, 0.1) is 0 Å². The number of hydrogen-bond acceptors (Lipinski definition) is 2. The van der Waals surface area contributed by atoms with Gasteiger partial charge in [0.25, 0.3) is 0 Å². The van der Waals surface area contributed by atoms with Crippen molar-refractivity contribution in [3.63, 3.8) is 0 Å². The van der Waals surface area contributed by atoms with Crippen molar-refractivity contribution in [2.75, 3.05) is 20.2 Å². The Kier molecular flexibility index (Phi) is 6.60. The maximum absolute atomic E-state index is 9.18. The van der Waals surface area contributed by atoms with E-state index >= 15 is 0 Å². The van der Waals surface area contributed by atoms with Gasteiger partial charge in [-0.15, -0.1) is 6.58 Å². The number of unbranched alkanes of at least 4 members (excludes halogenated alkanes) is 1. The zero-order valence-electron chi connectivity index (χ0n) is 10.7. The third kappa shape index (κ3) is 4.72. The summed E-state index contributed by atoms with van der Waals surface area (Å²) >= 11 is 0. The van der Waals surface area contributed by atoms with Gasteiger partial charge in [0, 0.05) is 12.6 Å². The number of aliphatic hydroxyl groups is 1. The Bertz CT molecular complexity index is 310. The fraction of sp³-hybridized carbons (Fsp3) is 0.467. The van der Waals surface area contributed by atoms with Gasteiger partial charge in [-0.05, 0) is 38.4 Å². The van der Waals surface area contributed by atoms with E-state index in [9.17, 15) is 5.11 Å². The normalized spacial score (nSPS) is 12.6. The third-order valence-corrected chi connectivity index (χ3v) is 3.04. The van der Waals surface area contributed by atoms with Crippen LogP contribution >= 0.6 is 0 Å². The van der Waals surface area contributed by atoms with Crippen molar-refractivity contribution >= 4 is 0 Å². The molecule has 0 radical (unpaired) electrons. The standard InChI is InChI=1S/C15H23NO/c1-3-4-8-12-16(2)15(11-13-17)14-9-6-5-7-10-14/h3,5-7,9-10,15,17H,1,4,8,11-13H2,2H3. The summed E-state index contributed by atoms with van der Waals surface area (Å²) in [4.78, 5) is 2.31. The molecule has 17 heavy (non-hydrogen) atoms. The Balaban J connectivity index is 2.61. The van der Waals surface area contributed by atoms with Crippen LogP contribution in [0.2, 0.25) is 0 Å². The van der Waals surface area contributed by atoms with Crippen molar-refractivity contribution in [1.82, 2.24) is 4.90 Å². The number of aliphatic hydroxyl groups excluding tert-OH is 1. The van der Waals surface area contributed by atoms with E-state index in [1.807, 2.05) is 12.1 Å². The Morgan fingerprint density at radius 3 is 2.65 bits per heavy atom. The molecule has 1 N–H and O–H groups in total. The van der Waals surface area contributed by atoms with E-state index < -0.39 is 0 Å². The molecule has 0 saturated heterocycles. The van der Waals surface area contributed by atoms with E-state index in [1.165, 1.54) is 5.56 Å². The molecule has 2 nitrogen and oxygen atoms in total. The van der Waals surface area contributed by atoms with Crippen molar-refractivity contribution in [3.8, 4) is 0 Å². The average Bonchev–Trinajstić information content (AvgIpc) is 2.37.